The zero-order chi connectivity index (χ0) is 34.1. The highest BCUT2D eigenvalue weighted by Gasteiger charge is 2.22. The molecule has 0 saturated carbocycles. The number of rotatable bonds is 34. The molecule has 0 aromatic carbocycles. The van der Waals surface area contributed by atoms with Gasteiger partial charge in [0.15, 0.2) is 0 Å². The van der Waals surface area contributed by atoms with Crippen LogP contribution in [0, 0.1) is 11.8 Å². The minimum absolute atomic E-state index is 0.0287. The lowest BCUT2D eigenvalue weighted by Gasteiger charge is -2.24. The predicted molar refractivity (Wildman–Crippen MR) is 194 cm³/mol. The number of hydrogen-bond acceptors (Lipinski definition) is 5. The molecule has 0 N–H and O–H groups in total. The molecule has 0 radical (unpaired) electrons. The summed E-state index contributed by atoms with van der Waals surface area (Å²) in [6, 6.07) is 0. The highest BCUT2D eigenvalue weighted by Crippen LogP contribution is 2.22. The van der Waals surface area contributed by atoms with Crippen LogP contribution in [0.15, 0.2) is 0 Å². The lowest BCUT2D eigenvalue weighted by Crippen LogP contribution is -2.38. The number of nitrogens with zero attached hydrogens (tertiary/aromatic N) is 1. The Labute approximate surface area is 285 Å². The van der Waals surface area contributed by atoms with Crippen LogP contribution < -0.4 is 0 Å². The summed E-state index contributed by atoms with van der Waals surface area (Å²) in [6.07, 6.45) is 28.6. The lowest BCUT2D eigenvalue weighted by atomic mass is 9.94. The topological polar surface area (TPSA) is 72.9 Å². The van der Waals surface area contributed by atoms with E-state index in [2.05, 4.69) is 27.7 Å². The van der Waals surface area contributed by atoms with Crippen LogP contribution in [0.5, 0.6) is 0 Å². The van der Waals surface area contributed by atoms with Gasteiger partial charge in [0.25, 0.3) is 0 Å². The van der Waals surface area contributed by atoms with Gasteiger partial charge in [0.2, 0.25) is 5.91 Å². The van der Waals surface area contributed by atoms with Gasteiger partial charge in [0.05, 0.1) is 24.9 Å². The van der Waals surface area contributed by atoms with Crippen molar-refractivity contribution in [1.82, 2.24) is 4.90 Å². The molecule has 0 bridgehead atoms. The summed E-state index contributed by atoms with van der Waals surface area (Å²) < 4.78 is 11.6. The van der Waals surface area contributed by atoms with Crippen molar-refractivity contribution in [2.45, 2.75) is 202 Å². The summed E-state index contributed by atoms with van der Waals surface area (Å²) in [7, 11) is 0. The average Bonchev–Trinajstić information content (AvgIpc) is 3.05. The second-order valence-electron chi connectivity index (χ2n) is 13.7. The van der Waals surface area contributed by atoms with Crippen molar-refractivity contribution in [3.05, 3.63) is 0 Å². The normalized spacial score (nSPS) is 12.5. The molecule has 0 aromatic rings. The monoisotopic (exact) mass is 652 g/mol. The van der Waals surface area contributed by atoms with Crippen LogP contribution in [0.1, 0.15) is 202 Å². The summed E-state index contributed by atoms with van der Waals surface area (Å²) >= 11 is 0. The molecule has 0 spiro atoms. The summed E-state index contributed by atoms with van der Waals surface area (Å²) in [4.78, 5) is 40.9. The first-order chi connectivity index (χ1) is 22.4. The Morgan fingerprint density at radius 3 is 1.07 bits per heavy atom. The Kier molecular flexibility index (Phi) is 32.2. The third kappa shape index (κ3) is 25.5. The molecule has 0 fully saturated rings. The van der Waals surface area contributed by atoms with Gasteiger partial charge in [-0.15, -0.1) is 0 Å². The third-order valence-corrected chi connectivity index (χ3v) is 9.32. The molecule has 0 aliphatic carbocycles. The molecule has 2 unspecified atom stereocenters. The minimum atomic E-state index is -0.111. The molecule has 2 atom stereocenters. The molecule has 0 heterocycles. The van der Waals surface area contributed by atoms with Gasteiger partial charge in [-0.25, -0.2) is 0 Å². The quantitative estimate of drug-likeness (QED) is 0.0511. The van der Waals surface area contributed by atoms with E-state index in [0.29, 0.717) is 19.5 Å². The van der Waals surface area contributed by atoms with E-state index in [-0.39, 0.29) is 42.9 Å². The van der Waals surface area contributed by atoms with E-state index in [1.165, 1.54) is 89.9 Å². The summed E-state index contributed by atoms with van der Waals surface area (Å²) in [5.74, 6) is -0.296. The zero-order valence-corrected chi connectivity index (χ0v) is 31.4. The maximum Gasteiger partial charge on any atom is 0.308 e. The Morgan fingerprint density at radius 1 is 0.435 bits per heavy atom. The van der Waals surface area contributed by atoms with Crippen molar-refractivity contribution in [2.75, 3.05) is 26.3 Å². The van der Waals surface area contributed by atoms with Crippen LogP contribution in [-0.2, 0) is 23.9 Å². The summed E-state index contributed by atoms with van der Waals surface area (Å²) in [6.45, 7) is 12.0. The van der Waals surface area contributed by atoms with E-state index < -0.39 is 0 Å². The third-order valence-electron chi connectivity index (χ3n) is 9.32. The highest BCUT2D eigenvalue weighted by molar-refractivity contribution is 5.76. The van der Waals surface area contributed by atoms with Gasteiger partial charge < -0.3 is 14.4 Å². The predicted octanol–water partition coefficient (Wildman–Crippen LogP) is 11.4. The van der Waals surface area contributed by atoms with Crippen molar-refractivity contribution in [2.24, 2.45) is 11.8 Å². The second-order valence-corrected chi connectivity index (χ2v) is 13.7. The molecule has 0 rings (SSSR count). The number of hydrogen-bond donors (Lipinski definition) is 0. The number of amides is 1. The summed E-state index contributed by atoms with van der Waals surface area (Å²) in [5, 5.41) is 0. The Morgan fingerprint density at radius 2 is 0.739 bits per heavy atom. The molecule has 0 aromatic heterocycles. The molecule has 272 valence electrons. The SMILES string of the molecule is CCCCCCCCC(CCCCCC)C(=O)OCCN(CCOC(=O)C(CCCCCC)CCCCCCCC)C(=O)CCC. The highest BCUT2D eigenvalue weighted by atomic mass is 16.5. The van der Waals surface area contributed by atoms with Crippen molar-refractivity contribution >= 4 is 17.8 Å². The van der Waals surface area contributed by atoms with E-state index in [1.54, 1.807) is 4.90 Å². The van der Waals surface area contributed by atoms with Gasteiger partial charge in [-0.3, -0.25) is 14.4 Å². The number of carbonyl (C=O) groups is 3. The number of esters is 2. The van der Waals surface area contributed by atoms with Crippen LogP contribution >= 0.6 is 0 Å². The molecule has 0 aliphatic heterocycles. The molecule has 1 amide bonds. The standard InChI is InChI=1S/C40H77NO5/c1-6-11-15-19-21-25-30-36(28-23-17-13-8-3)39(43)45-34-32-41(38(42)27-10-5)33-35-46-40(44)37(29-24-18-14-9-4)31-26-22-20-16-12-7-2/h36-37H,6-35H2,1-5H3. The maximum atomic E-state index is 13.1. The number of ether oxygens (including phenoxy) is 2. The smallest absolute Gasteiger partial charge is 0.308 e. The largest absolute Gasteiger partial charge is 0.464 e. The van der Waals surface area contributed by atoms with Crippen LogP contribution in [0.3, 0.4) is 0 Å². The Hall–Kier alpha value is -1.59. The first-order valence-electron chi connectivity index (χ1n) is 20.1. The van der Waals surface area contributed by atoms with Crippen LogP contribution in [0.2, 0.25) is 0 Å². The molecular formula is C40H77NO5. The van der Waals surface area contributed by atoms with Gasteiger partial charge in [-0.1, -0.05) is 163 Å². The number of unbranched alkanes of at least 4 members (excludes halogenated alkanes) is 16. The molecule has 0 saturated heterocycles. The fourth-order valence-corrected chi connectivity index (χ4v) is 6.22. The van der Waals surface area contributed by atoms with E-state index >= 15 is 0 Å². The molecule has 0 aliphatic rings. The van der Waals surface area contributed by atoms with Gasteiger partial charge in [-0.2, -0.15) is 0 Å². The molecule has 6 heteroatoms. The van der Waals surface area contributed by atoms with E-state index in [1.807, 2.05) is 6.92 Å². The van der Waals surface area contributed by atoms with E-state index in [0.717, 1.165) is 70.6 Å². The maximum absolute atomic E-state index is 13.1. The van der Waals surface area contributed by atoms with E-state index in [9.17, 15) is 14.4 Å². The minimum Gasteiger partial charge on any atom is -0.464 e. The first-order valence-corrected chi connectivity index (χ1v) is 20.1. The van der Waals surface area contributed by atoms with Gasteiger partial charge in [0, 0.05) is 6.42 Å². The Bertz CT molecular complexity index is 662. The van der Waals surface area contributed by atoms with Gasteiger partial charge in [0.1, 0.15) is 13.2 Å². The van der Waals surface area contributed by atoms with Gasteiger partial charge >= 0.3 is 11.9 Å². The first kappa shape index (κ1) is 44.4. The average molecular weight is 652 g/mol. The fourth-order valence-electron chi connectivity index (χ4n) is 6.22. The van der Waals surface area contributed by atoms with Crippen LogP contribution in [0.4, 0.5) is 0 Å². The van der Waals surface area contributed by atoms with Crippen LogP contribution in [-0.4, -0.2) is 49.0 Å². The summed E-state index contributed by atoms with van der Waals surface area (Å²) in [5.41, 5.74) is 0. The fraction of sp³-hybridized carbons (Fsp3) is 0.925. The van der Waals surface area contributed by atoms with Crippen molar-refractivity contribution in [3.8, 4) is 0 Å². The molecule has 6 nitrogen and oxygen atoms in total. The van der Waals surface area contributed by atoms with Crippen molar-refractivity contribution in [1.29, 1.82) is 0 Å². The van der Waals surface area contributed by atoms with Crippen molar-refractivity contribution in [3.63, 3.8) is 0 Å². The van der Waals surface area contributed by atoms with E-state index in [4.69, 9.17) is 9.47 Å². The zero-order valence-electron chi connectivity index (χ0n) is 31.4. The van der Waals surface area contributed by atoms with Crippen molar-refractivity contribution < 1.29 is 23.9 Å². The Balaban J connectivity index is 4.93. The molecular weight excluding hydrogens is 574 g/mol. The lowest BCUT2D eigenvalue weighted by molar-refractivity contribution is -0.152. The number of carbonyl (C=O) groups excluding carboxylic acids is 3. The van der Waals surface area contributed by atoms with Crippen LogP contribution in [0.25, 0.3) is 0 Å². The molecule has 46 heavy (non-hydrogen) atoms. The second kappa shape index (κ2) is 33.3. The van der Waals surface area contributed by atoms with Gasteiger partial charge in [-0.05, 0) is 32.1 Å².